The second-order valence-corrected chi connectivity index (χ2v) is 4.96. The van der Waals surface area contributed by atoms with Gasteiger partial charge in [-0.1, -0.05) is 34.1 Å². The largest absolute Gasteiger partial charge is 0.288 e. The first kappa shape index (κ1) is 14.9. The van der Waals surface area contributed by atoms with Crippen LogP contribution in [0.1, 0.15) is 16.1 Å². The van der Waals surface area contributed by atoms with E-state index in [1.54, 1.807) is 24.3 Å². The van der Waals surface area contributed by atoms with E-state index < -0.39 is 11.8 Å². The monoisotopic (exact) mass is 345 g/mol. The van der Waals surface area contributed by atoms with Gasteiger partial charge in [0.25, 0.3) is 11.8 Å². The molecule has 2 N–H and O–H groups in total. The van der Waals surface area contributed by atoms with E-state index in [1.807, 2.05) is 24.3 Å². The summed E-state index contributed by atoms with van der Waals surface area (Å²) in [6.07, 6.45) is 4.49. The van der Waals surface area contributed by atoms with Crippen LogP contribution in [0.25, 0.3) is 6.08 Å². The number of hydrazine groups is 1. The highest BCUT2D eigenvalue weighted by Gasteiger charge is 2.05. The topological polar surface area (TPSA) is 71.1 Å². The maximum Gasteiger partial charge on any atom is 0.288 e. The van der Waals surface area contributed by atoms with Gasteiger partial charge < -0.3 is 0 Å². The van der Waals surface area contributed by atoms with E-state index in [-0.39, 0.29) is 5.69 Å². The minimum Gasteiger partial charge on any atom is -0.268 e. The maximum atomic E-state index is 11.6. The smallest absolute Gasteiger partial charge is 0.268 e. The predicted molar refractivity (Wildman–Crippen MR) is 83.0 cm³/mol. The lowest BCUT2D eigenvalue weighted by molar-refractivity contribution is -0.117. The molecule has 0 bridgehead atoms. The molecule has 0 aliphatic carbocycles. The summed E-state index contributed by atoms with van der Waals surface area (Å²) in [4.78, 5) is 27.1. The van der Waals surface area contributed by atoms with Crippen LogP contribution >= 0.6 is 15.9 Å². The number of carbonyl (C=O) groups is 2. The third-order valence-electron chi connectivity index (χ3n) is 2.49. The van der Waals surface area contributed by atoms with Crippen molar-refractivity contribution in [3.05, 3.63) is 70.5 Å². The molecule has 106 valence electrons. The molecule has 0 aliphatic heterocycles. The maximum absolute atomic E-state index is 11.6. The molecule has 0 radical (unpaired) electrons. The van der Waals surface area contributed by atoms with Crippen molar-refractivity contribution in [2.45, 2.75) is 0 Å². The van der Waals surface area contributed by atoms with E-state index >= 15 is 0 Å². The van der Waals surface area contributed by atoms with Gasteiger partial charge >= 0.3 is 0 Å². The Bertz CT molecular complexity index is 654. The minimum absolute atomic E-state index is 0.231. The Hall–Kier alpha value is -2.47. The van der Waals surface area contributed by atoms with Crippen LogP contribution in [0.5, 0.6) is 0 Å². The number of hydrogen-bond acceptors (Lipinski definition) is 3. The Labute approximate surface area is 130 Å². The summed E-state index contributed by atoms with van der Waals surface area (Å²) in [7, 11) is 0. The SMILES string of the molecule is O=C(/C=C/c1ccc(Br)cc1)NNC(=O)c1ccccn1. The molecule has 2 rings (SSSR count). The van der Waals surface area contributed by atoms with Crippen molar-refractivity contribution >= 4 is 33.8 Å². The Morgan fingerprint density at radius 2 is 1.81 bits per heavy atom. The number of amides is 2. The van der Waals surface area contributed by atoms with Crippen LogP contribution in [0.4, 0.5) is 0 Å². The average molecular weight is 346 g/mol. The highest BCUT2D eigenvalue weighted by atomic mass is 79.9. The molecule has 1 aromatic heterocycles. The second kappa shape index (κ2) is 7.35. The molecule has 1 aromatic carbocycles. The van der Waals surface area contributed by atoms with Crippen molar-refractivity contribution in [1.29, 1.82) is 0 Å². The van der Waals surface area contributed by atoms with E-state index in [9.17, 15) is 9.59 Å². The standard InChI is InChI=1S/C15H12BrN3O2/c16-12-7-4-11(5-8-12)6-9-14(20)18-19-15(21)13-3-1-2-10-17-13/h1-10H,(H,18,20)(H,19,21)/b9-6+. The first-order chi connectivity index (χ1) is 10.1. The number of hydrogen-bond donors (Lipinski definition) is 2. The Kier molecular flexibility index (Phi) is 5.22. The van der Waals surface area contributed by atoms with Crippen LogP contribution in [0, 0.1) is 0 Å². The number of carbonyl (C=O) groups excluding carboxylic acids is 2. The Morgan fingerprint density at radius 3 is 2.48 bits per heavy atom. The van der Waals surface area contributed by atoms with Gasteiger partial charge in [0.1, 0.15) is 5.69 Å². The third-order valence-corrected chi connectivity index (χ3v) is 3.02. The zero-order chi connectivity index (χ0) is 15.1. The normalized spacial score (nSPS) is 10.3. The number of nitrogens with one attached hydrogen (secondary N) is 2. The van der Waals surface area contributed by atoms with E-state index in [1.165, 1.54) is 12.3 Å². The quantitative estimate of drug-likeness (QED) is 0.662. The van der Waals surface area contributed by atoms with Gasteiger partial charge in [-0.25, -0.2) is 0 Å². The summed E-state index contributed by atoms with van der Waals surface area (Å²) in [6, 6.07) is 12.4. The van der Waals surface area contributed by atoms with Gasteiger partial charge in [-0.3, -0.25) is 25.4 Å². The fraction of sp³-hybridized carbons (Fsp3) is 0. The van der Waals surface area contributed by atoms with Gasteiger partial charge in [-0.05, 0) is 35.9 Å². The fourth-order valence-electron chi connectivity index (χ4n) is 1.47. The molecule has 0 saturated heterocycles. The molecule has 0 fully saturated rings. The van der Waals surface area contributed by atoms with Crippen LogP contribution in [-0.2, 0) is 4.79 Å². The molecule has 21 heavy (non-hydrogen) atoms. The van der Waals surface area contributed by atoms with Crippen LogP contribution in [-0.4, -0.2) is 16.8 Å². The molecule has 0 atom stereocenters. The Morgan fingerprint density at radius 1 is 1.05 bits per heavy atom. The summed E-state index contributed by atoms with van der Waals surface area (Å²) in [5, 5.41) is 0. The van der Waals surface area contributed by atoms with Crippen molar-refractivity contribution in [3.8, 4) is 0 Å². The summed E-state index contributed by atoms with van der Waals surface area (Å²) in [5.41, 5.74) is 5.68. The van der Waals surface area contributed by atoms with Gasteiger partial charge in [-0.15, -0.1) is 0 Å². The van der Waals surface area contributed by atoms with Gasteiger partial charge in [0.15, 0.2) is 0 Å². The lowest BCUT2D eigenvalue weighted by atomic mass is 10.2. The van der Waals surface area contributed by atoms with Crippen LogP contribution in [0.2, 0.25) is 0 Å². The summed E-state index contributed by atoms with van der Waals surface area (Å²) in [5.74, 6) is -0.900. The highest BCUT2D eigenvalue weighted by Crippen LogP contribution is 2.11. The summed E-state index contributed by atoms with van der Waals surface area (Å²) in [6.45, 7) is 0. The van der Waals surface area contributed by atoms with Crippen LogP contribution in [0.15, 0.2) is 59.2 Å². The molecule has 5 nitrogen and oxygen atoms in total. The lowest BCUT2D eigenvalue weighted by Gasteiger charge is -2.04. The predicted octanol–water partition coefficient (Wildman–Crippen LogP) is 2.32. The van der Waals surface area contributed by atoms with Gasteiger partial charge in [-0.2, -0.15) is 0 Å². The van der Waals surface area contributed by atoms with Crippen molar-refractivity contribution in [1.82, 2.24) is 15.8 Å². The van der Waals surface area contributed by atoms with E-state index in [4.69, 9.17) is 0 Å². The molecule has 1 heterocycles. The highest BCUT2D eigenvalue weighted by molar-refractivity contribution is 9.10. The molecule has 2 aromatic rings. The zero-order valence-electron chi connectivity index (χ0n) is 10.9. The number of pyridine rings is 1. The average Bonchev–Trinajstić information content (AvgIpc) is 2.53. The number of halogens is 1. The van der Waals surface area contributed by atoms with E-state index in [0.717, 1.165) is 10.0 Å². The van der Waals surface area contributed by atoms with Crippen LogP contribution in [0.3, 0.4) is 0 Å². The molecule has 2 amide bonds. The molecule has 0 saturated carbocycles. The molecular formula is C15H12BrN3O2. The third kappa shape index (κ3) is 4.85. The molecule has 0 spiro atoms. The number of aromatic nitrogens is 1. The number of rotatable bonds is 3. The summed E-state index contributed by atoms with van der Waals surface area (Å²) >= 11 is 3.33. The van der Waals surface area contributed by atoms with Crippen molar-refractivity contribution in [2.75, 3.05) is 0 Å². The van der Waals surface area contributed by atoms with Crippen molar-refractivity contribution in [2.24, 2.45) is 0 Å². The first-order valence-electron chi connectivity index (χ1n) is 6.10. The zero-order valence-corrected chi connectivity index (χ0v) is 12.5. The van der Waals surface area contributed by atoms with Crippen molar-refractivity contribution < 1.29 is 9.59 Å². The molecule has 0 aliphatic rings. The molecule has 6 heteroatoms. The van der Waals surface area contributed by atoms with E-state index in [2.05, 4.69) is 31.8 Å². The van der Waals surface area contributed by atoms with Gasteiger partial charge in [0.05, 0.1) is 0 Å². The van der Waals surface area contributed by atoms with Crippen molar-refractivity contribution in [3.63, 3.8) is 0 Å². The van der Waals surface area contributed by atoms with E-state index in [0.29, 0.717) is 0 Å². The molecule has 0 unspecified atom stereocenters. The minimum atomic E-state index is -0.471. The first-order valence-corrected chi connectivity index (χ1v) is 6.89. The van der Waals surface area contributed by atoms with Gasteiger partial charge in [0.2, 0.25) is 0 Å². The molecular weight excluding hydrogens is 334 g/mol. The number of nitrogens with zero attached hydrogens (tertiary/aromatic N) is 1. The summed E-state index contributed by atoms with van der Waals surface area (Å²) < 4.78 is 0.965. The fourth-order valence-corrected chi connectivity index (χ4v) is 1.73. The number of benzene rings is 1. The Balaban J connectivity index is 1.85. The second-order valence-electron chi connectivity index (χ2n) is 4.04. The lowest BCUT2D eigenvalue weighted by Crippen LogP contribution is -2.41. The van der Waals surface area contributed by atoms with Crippen LogP contribution < -0.4 is 10.9 Å². The van der Waals surface area contributed by atoms with Gasteiger partial charge in [0, 0.05) is 16.7 Å².